The summed E-state index contributed by atoms with van der Waals surface area (Å²) in [6.45, 7) is 2.75. The van der Waals surface area contributed by atoms with E-state index in [2.05, 4.69) is 32.6 Å². The summed E-state index contributed by atoms with van der Waals surface area (Å²) in [4.78, 5) is 3.24. The molecule has 4 aromatic rings. The lowest BCUT2D eigenvalue weighted by molar-refractivity contribution is 0.434. The highest BCUT2D eigenvalue weighted by atomic mass is 16.4. The molecular weight excluding hydrogens is 324 g/mol. The van der Waals surface area contributed by atoms with Crippen molar-refractivity contribution in [2.75, 3.05) is 0 Å². The SMILES string of the molecule is Cc1cccc(-c2nnc(C(NCc3ccccc3)c3ccc[nH]3)o2)c1. The zero-order chi connectivity index (χ0) is 17.8. The predicted octanol–water partition coefficient (Wildman–Crippen LogP) is 4.25. The molecule has 1 unspecified atom stereocenters. The first-order chi connectivity index (χ1) is 12.8. The molecule has 5 nitrogen and oxygen atoms in total. The van der Waals surface area contributed by atoms with Gasteiger partial charge in [0.05, 0.1) is 0 Å². The molecule has 26 heavy (non-hydrogen) atoms. The lowest BCUT2D eigenvalue weighted by Gasteiger charge is -2.14. The van der Waals surface area contributed by atoms with Crippen LogP contribution in [0.1, 0.15) is 28.8 Å². The number of aromatic nitrogens is 3. The molecule has 0 amide bonds. The summed E-state index contributed by atoms with van der Waals surface area (Å²) in [5, 5.41) is 12.0. The number of nitrogens with one attached hydrogen (secondary N) is 2. The smallest absolute Gasteiger partial charge is 0.247 e. The standard InChI is InChI=1S/C21H20N4O/c1-15-7-5-10-17(13-15)20-24-25-21(26-20)19(18-11-6-12-22-18)23-14-16-8-3-2-4-9-16/h2-13,19,22-23H,14H2,1H3. The molecular formula is C21H20N4O. The van der Waals surface area contributed by atoms with Gasteiger partial charge in [-0.1, -0.05) is 48.0 Å². The van der Waals surface area contributed by atoms with E-state index in [0.717, 1.165) is 16.8 Å². The molecule has 0 saturated carbocycles. The summed E-state index contributed by atoms with van der Waals surface area (Å²) < 4.78 is 5.99. The Morgan fingerprint density at radius 1 is 1.00 bits per heavy atom. The molecule has 2 heterocycles. The number of hydrogen-bond donors (Lipinski definition) is 2. The van der Waals surface area contributed by atoms with Crippen LogP contribution in [0.5, 0.6) is 0 Å². The van der Waals surface area contributed by atoms with E-state index in [1.165, 1.54) is 5.56 Å². The summed E-state index contributed by atoms with van der Waals surface area (Å²) in [7, 11) is 0. The van der Waals surface area contributed by atoms with Gasteiger partial charge in [0.25, 0.3) is 0 Å². The lowest BCUT2D eigenvalue weighted by Crippen LogP contribution is -2.22. The minimum atomic E-state index is -0.198. The normalized spacial score (nSPS) is 12.2. The van der Waals surface area contributed by atoms with Crippen molar-refractivity contribution in [3.63, 3.8) is 0 Å². The van der Waals surface area contributed by atoms with Crippen LogP contribution in [-0.2, 0) is 6.54 Å². The fourth-order valence-electron chi connectivity index (χ4n) is 2.92. The first kappa shape index (κ1) is 16.3. The molecule has 2 N–H and O–H groups in total. The fourth-order valence-corrected chi connectivity index (χ4v) is 2.92. The number of aromatic amines is 1. The third kappa shape index (κ3) is 3.58. The average molecular weight is 344 g/mol. The molecule has 1 atom stereocenters. The average Bonchev–Trinajstić information content (AvgIpc) is 3.35. The van der Waals surface area contributed by atoms with Gasteiger partial charge in [0.2, 0.25) is 11.8 Å². The molecule has 0 aliphatic heterocycles. The van der Waals surface area contributed by atoms with E-state index in [4.69, 9.17) is 4.42 Å². The topological polar surface area (TPSA) is 66.7 Å². The monoisotopic (exact) mass is 344 g/mol. The summed E-state index contributed by atoms with van der Waals surface area (Å²) in [6.07, 6.45) is 1.89. The zero-order valence-electron chi connectivity index (χ0n) is 14.5. The van der Waals surface area contributed by atoms with Gasteiger partial charge in [-0.2, -0.15) is 0 Å². The molecule has 0 saturated heterocycles. The number of H-pyrrole nitrogens is 1. The predicted molar refractivity (Wildman–Crippen MR) is 100 cm³/mol. The Balaban J connectivity index is 1.60. The summed E-state index contributed by atoms with van der Waals surface area (Å²) >= 11 is 0. The van der Waals surface area contributed by atoms with Gasteiger partial charge in [0.15, 0.2) is 0 Å². The van der Waals surface area contributed by atoms with Crippen LogP contribution >= 0.6 is 0 Å². The molecule has 130 valence electrons. The second kappa shape index (κ2) is 7.37. The van der Waals surface area contributed by atoms with Crippen LogP contribution in [0.25, 0.3) is 11.5 Å². The van der Waals surface area contributed by atoms with Crippen molar-refractivity contribution in [2.24, 2.45) is 0 Å². The first-order valence-corrected chi connectivity index (χ1v) is 8.60. The molecule has 4 rings (SSSR count). The fraction of sp³-hybridized carbons (Fsp3) is 0.143. The maximum Gasteiger partial charge on any atom is 0.247 e. The van der Waals surface area contributed by atoms with Crippen molar-refractivity contribution in [2.45, 2.75) is 19.5 Å². The second-order valence-electron chi connectivity index (χ2n) is 6.24. The molecule has 2 aromatic heterocycles. The van der Waals surface area contributed by atoms with E-state index in [1.54, 1.807) is 0 Å². The van der Waals surface area contributed by atoms with Gasteiger partial charge in [-0.3, -0.25) is 5.32 Å². The first-order valence-electron chi connectivity index (χ1n) is 8.60. The molecule has 0 aliphatic rings. The number of hydrogen-bond acceptors (Lipinski definition) is 4. The molecule has 0 fully saturated rings. The van der Waals surface area contributed by atoms with Crippen molar-refractivity contribution >= 4 is 0 Å². The van der Waals surface area contributed by atoms with Gasteiger partial charge in [-0.15, -0.1) is 10.2 Å². The highest BCUT2D eigenvalue weighted by Crippen LogP contribution is 2.25. The molecule has 5 heteroatoms. The number of rotatable bonds is 6. The maximum absolute atomic E-state index is 5.99. The third-order valence-electron chi connectivity index (χ3n) is 4.24. The molecule has 0 radical (unpaired) electrons. The van der Waals surface area contributed by atoms with Crippen LogP contribution in [0, 0.1) is 6.92 Å². The molecule has 2 aromatic carbocycles. The molecule has 0 spiro atoms. The Kier molecular flexibility index (Phi) is 4.62. The van der Waals surface area contributed by atoms with Crippen molar-refractivity contribution in [1.82, 2.24) is 20.5 Å². The molecule has 0 aliphatic carbocycles. The quantitative estimate of drug-likeness (QED) is 0.549. The Bertz CT molecular complexity index is 961. The Morgan fingerprint density at radius 3 is 2.65 bits per heavy atom. The van der Waals surface area contributed by atoms with Crippen LogP contribution in [0.2, 0.25) is 0 Å². The van der Waals surface area contributed by atoms with Crippen LogP contribution < -0.4 is 5.32 Å². The van der Waals surface area contributed by atoms with Crippen molar-refractivity contribution in [3.8, 4) is 11.5 Å². The Hall–Kier alpha value is -3.18. The van der Waals surface area contributed by atoms with Crippen molar-refractivity contribution in [3.05, 3.63) is 95.6 Å². The van der Waals surface area contributed by atoms with Crippen LogP contribution in [0.3, 0.4) is 0 Å². The number of nitrogens with zero attached hydrogens (tertiary/aromatic N) is 2. The van der Waals surface area contributed by atoms with Gasteiger partial charge < -0.3 is 9.40 Å². The third-order valence-corrected chi connectivity index (χ3v) is 4.24. The Morgan fingerprint density at radius 2 is 1.88 bits per heavy atom. The van der Waals surface area contributed by atoms with Gasteiger partial charge in [0.1, 0.15) is 6.04 Å². The van der Waals surface area contributed by atoms with Crippen molar-refractivity contribution in [1.29, 1.82) is 0 Å². The number of benzene rings is 2. The lowest BCUT2D eigenvalue weighted by atomic mass is 10.1. The number of aryl methyl sites for hydroxylation is 1. The highest BCUT2D eigenvalue weighted by molar-refractivity contribution is 5.53. The zero-order valence-corrected chi connectivity index (χ0v) is 14.5. The minimum Gasteiger partial charge on any atom is -0.419 e. The van der Waals surface area contributed by atoms with Crippen LogP contribution in [-0.4, -0.2) is 15.2 Å². The van der Waals surface area contributed by atoms with E-state index in [9.17, 15) is 0 Å². The van der Waals surface area contributed by atoms with Gasteiger partial charge in [-0.25, -0.2) is 0 Å². The summed E-state index contributed by atoms with van der Waals surface area (Å²) in [6, 6.07) is 22.1. The van der Waals surface area contributed by atoms with E-state index in [1.807, 2.05) is 67.7 Å². The van der Waals surface area contributed by atoms with Gasteiger partial charge in [0, 0.05) is 24.0 Å². The highest BCUT2D eigenvalue weighted by Gasteiger charge is 2.21. The minimum absolute atomic E-state index is 0.198. The van der Waals surface area contributed by atoms with E-state index in [0.29, 0.717) is 18.3 Å². The van der Waals surface area contributed by atoms with Gasteiger partial charge >= 0.3 is 0 Å². The van der Waals surface area contributed by atoms with Crippen LogP contribution in [0.4, 0.5) is 0 Å². The largest absolute Gasteiger partial charge is 0.419 e. The van der Waals surface area contributed by atoms with Gasteiger partial charge in [-0.05, 0) is 36.8 Å². The van der Waals surface area contributed by atoms with E-state index >= 15 is 0 Å². The van der Waals surface area contributed by atoms with Crippen molar-refractivity contribution < 1.29 is 4.42 Å². The maximum atomic E-state index is 5.99. The van der Waals surface area contributed by atoms with E-state index in [-0.39, 0.29) is 6.04 Å². The molecule has 0 bridgehead atoms. The Labute approximate surface area is 152 Å². The summed E-state index contributed by atoms with van der Waals surface area (Å²) in [5.74, 6) is 1.07. The summed E-state index contributed by atoms with van der Waals surface area (Å²) in [5.41, 5.74) is 4.27. The van der Waals surface area contributed by atoms with Crippen LogP contribution in [0.15, 0.2) is 77.3 Å². The second-order valence-corrected chi connectivity index (χ2v) is 6.24. The van der Waals surface area contributed by atoms with E-state index < -0.39 is 0 Å².